The largest absolute Gasteiger partial charge is 0.394 e. The van der Waals surface area contributed by atoms with E-state index in [-0.39, 0.29) is 24.5 Å². The molecule has 4 heteroatoms. The lowest BCUT2D eigenvalue weighted by Crippen LogP contribution is -2.41. The summed E-state index contributed by atoms with van der Waals surface area (Å²) in [5.41, 5.74) is 2.30. The third kappa shape index (κ3) is 5.21. The van der Waals surface area contributed by atoms with Crippen molar-refractivity contribution in [1.29, 1.82) is 0 Å². The van der Waals surface area contributed by atoms with Crippen molar-refractivity contribution in [2.45, 2.75) is 32.7 Å². The molecule has 20 heavy (non-hydrogen) atoms. The number of nitrogens with zero attached hydrogens (tertiary/aromatic N) is 1. The first-order valence-corrected chi connectivity index (χ1v) is 7.10. The van der Waals surface area contributed by atoms with E-state index in [9.17, 15) is 9.90 Å². The zero-order valence-electron chi connectivity index (χ0n) is 12.9. The number of rotatable bonds is 7. The number of hydrogen-bond donors (Lipinski definition) is 2. The molecule has 0 spiro atoms. The summed E-state index contributed by atoms with van der Waals surface area (Å²) in [4.78, 5) is 13.9. The molecule has 1 amide bonds. The second-order valence-corrected chi connectivity index (χ2v) is 5.66. The number of aliphatic hydroxyl groups excluding tert-OH is 1. The molecular formula is C16H26N2O2. The van der Waals surface area contributed by atoms with E-state index in [1.165, 1.54) is 0 Å². The Balaban J connectivity index is 2.44. The first-order chi connectivity index (χ1) is 9.43. The third-order valence-corrected chi connectivity index (χ3v) is 3.44. The molecule has 0 aliphatic heterocycles. The molecule has 112 valence electrons. The van der Waals surface area contributed by atoms with E-state index in [2.05, 4.69) is 29.6 Å². The number of nitrogens with one attached hydrogen (secondary N) is 1. The summed E-state index contributed by atoms with van der Waals surface area (Å²) in [6.07, 6.45) is 1.17. The molecular weight excluding hydrogens is 252 g/mol. The van der Waals surface area contributed by atoms with Crippen molar-refractivity contribution in [3.8, 4) is 0 Å². The number of hydrogen-bond acceptors (Lipinski definition) is 3. The average molecular weight is 278 g/mol. The molecule has 1 rings (SSSR count). The maximum absolute atomic E-state index is 11.8. The number of carbonyl (C=O) groups is 1. The van der Waals surface area contributed by atoms with E-state index >= 15 is 0 Å². The van der Waals surface area contributed by atoms with Crippen molar-refractivity contribution in [2.75, 3.05) is 25.6 Å². The normalized spacial score (nSPS) is 12.3. The maximum Gasteiger partial charge on any atom is 0.220 e. The first-order valence-electron chi connectivity index (χ1n) is 7.10. The van der Waals surface area contributed by atoms with Gasteiger partial charge in [-0.15, -0.1) is 0 Å². The summed E-state index contributed by atoms with van der Waals surface area (Å²) in [5.74, 6) is 0.234. The van der Waals surface area contributed by atoms with Crippen molar-refractivity contribution in [3.05, 3.63) is 29.8 Å². The topological polar surface area (TPSA) is 52.6 Å². The van der Waals surface area contributed by atoms with Crippen LogP contribution in [-0.2, 0) is 11.2 Å². The molecule has 4 nitrogen and oxygen atoms in total. The van der Waals surface area contributed by atoms with Crippen LogP contribution in [0.2, 0.25) is 0 Å². The molecule has 0 saturated heterocycles. The zero-order valence-corrected chi connectivity index (χ0v) is 12.9. The van der Waals surface area contributed by atoms with Gasteiger partial charge in [-0.05, 0) is 30.0 Å². The van der Waals surface area contributed by atoms with Crippen molar-refractivity contribution in [3.63, 3.8) is 0 Å². The molecule has 0 radical (unpaired) electrons. The van der Waals surface area contributed by atoms with Crippen molar-refractivity contribution < 1.29 is 9.90 Å². The molecule has 1 atom stereocenters. The highest BCUT2D eigenvalue weighted by atomic mass is 16.3. The van der Waals surface area contributed by atoms with Crippen LogP contribution in [0.15, 0.2) is 24.3 Å². The second kappa shape index (κ2) is 7.90. The van der Waals surface area contributed by atoms with Crippen LogP contribution in [0.25, 0.3) is 0 Å². The highest BCUT2D eigenvalue weighted by molar-refractivity contribution is 5.76. The number of benzene rings is 1. The Bertz CT molecular complexity index is 413. The fourth-order valence-electron chi connectivity index (χ4n) is 1.92. The van der Waals surface area contributed by atoms with Crippen molar-refractivity contribution in [2.24, 2.45) is 5.92 Å². The van der Waals surface area contributed by atoms with Gasteiger partial charge in [-0.2, -0.15) is 0 Å². The van der Waals surface area contributed by atoms with E-state index in [4.69, 9.17) is 0 Å². The van der Waals surface area contributed by atoms with Crippen LogP contribution in [0.4, 0.5) is 5.69 Å². The van der Waals surface area contributed by atoms with Crippen LogP contribution < -0.4 is 10.2 Å². The minimum Gasteiger partial charge on any atom is -0.394 e. The van der Waals surface area contributed by atoms with Crippen molar-refractivity contribution in [1.82, 2.24) is 5.32 Å². The predicted octanol–water partition coefficient (Wildman–Crippen LogP) is 1.82. The third-order valence-electron chi connectivity index (χ3n) is 3.44. The molecule has 1 aromatic carbocycles. The molecule has 0 unspecified atom stereocenters. The minimum atomic E-state index is -0.154. The summed E-state index contributed by atoms with van der Waals surface area (Å²) >= 11 is 0. The standard InChI is InChI=1S/C16H26N2O2/c1-12(2)15(11-19)17-16(20)10-7-13-5-8-14(9-6-13)18(3)4/h5-6,8-9,12,15,19H,7,10-11H2,1-4H3,(H,17,20)/t15-/m1/s1. The number of carbonyl (C=O) groups excluding carboxylic acids is 1. The van der Waals surface area contributed by atoms with Crippen LogP contribution in [0.1, 0.15) is 25.8 Å². The predicted molar refractivity (Wildman–Crippen MR) is 82.9 cm³/mol. The van der Waals surface area contributed by atoms with Gasteiger partial charge in [0.05, 0.1) is 12.6 Å². The molecule has 0 heterocycles. The van der Waals surface area contributed by atoms with E-state index in [0.29, 0.717) is 6.42 Å². The minimum absolute atomic E-state index is 0.00515. The van der Waals surface area contributed by atoms with Crippen LogP contribution in [0.5, 0.6) is 0 Å². The molecule has 0 saturated carbocycles. The highest BCUT2D eigenvalue weighted by Crippen LogP contribution is 2.13. The monoisotopic (exact) mass is 278 g/mol. The molecule has 0 aliphatic carbocycles. The van der Waals surface area contributed by atoms with Gasteiger partial charge in [0, 0.05) is 26.2 Å². The van der Waals surface area contributed by atoms with Crippen LogP contribution >= 0.6 is 0 Å². The van der Waals surface area contributed by atoms with E-state index in [1.807, 2.05) is 32.8 Å². The molecule has 2 N–H and O–H groups in total. The summed E-state index contributed by atoms with van der Waals surface area (Å²) in [6, 6.07) is 8.05. The lowest BCUT2D eigenvalue weighted by molar-refractivity contribution is -0.122. The van der Waals surface area contributed by atoms with Gasteiger partial charge in [-0.25, -0.2) is 0 Å². The second-order valence-electron chi connectivity index (χ2n) is 5.66. The summed E-state index contributed by atoms with van der Waals surface area (Å²) in [6.45, 7) is 3.96. The Labute approximate surface area is 121 Å². The van der Waals surface area contributed by atoms with E-state index in [1.54, 1.807) is 0 Å². The van der Waals surface area contributed by atoms with Gasteiger partial charge in [0.25, 0.3) is 0 Å². The quantitative estimate of drug-likeness (QED) is 0.800. The molecule has 1 aromatic rings. The van der Waals surface area contributed by atoms with Gasteiger partial charge in [-0.3, -0.25) is 4.79 Å². The van der Waals surface area contributed by atoms with Gasteiger partial charge < -0.3 is 15.3 Å². The van der Waals surface area contributed by atoms with E-state index < -0.39 is 0 Å². The number of aliphatic hydroxyl groups is 1. The van der Waals surface area contributed by atoms with Crippen LogP contribution in [-0.4, -0.2) is 37.8 Å². The van der Waals surface area contributed by atoms with Gasteiger partial charge in [-0.1, -0.05) is 26.0 Å². The Morgan fingerprint density at radius 2 is 1.85 bits per heavy atom. The Morgan fingerprint density at radius 1 is 1.25 bits per heavy atom. The SMILES string of the molecule is CC(C)[C@@H](CO)NC(=O)CCc1ccc(N(C)C)cc1. The first kappa shape index (κ1) is 16.5. The maximum atomic E-state index is 11.8. The summed E-state index contributed by atoms with van der Waals surface area (Å²) in [5, 5.41) is 12.1. The van der Waals surface area contributed by atoms with Crippen molar-refractivity contribution >= 4 is 11.6 Å². The smallest absolute Gasteiger partial charge is 0.220 e. The fraction of sp³-hybridized carbons (Fsp3) is 0.562. The molecule has 0 fully saturated rings. The number of aryl methyl sites for hydroxylation is 1. The summed E-state index contributed by atoms with van der Waals surface area (Å²) in [7, 11) is 4.01. The fourth-order valence-corrected chi connectivity index (χ4v) is 1.92. The van der Waals surface area contributed by atoms with Gasteiger partial charge >= 0.3 is 0 Å². The molecule has 0 aliphatic rings. The molecule has 0 bridgehead atoms. The Hall–Kier alpha value is -1.55. The number of amides is 1. The number of anilines is 1. The van der Waals surface area contributed by atoms with E-state index in [0.717, 1.165) is 17.7 Å². The van der Waals surface area contributed by atoms with Crippen LogP contribution in [0, 0.1) is 5.92 Å². The molecule has 0 aromatic heterocycles. The Kier molecular flexibility index (Phi) is 6.52. The highest BCUT2D eigenvalue weighted by Gasteiger charge is 2.14. The Morgan fingerprint density at radius 3 is 2.30 bits per heavy atom. The lowest BCUT2D eigenvalue weighted by atomic mass is 10.0. The van der Waals surface area contributed by atoms with Gasteiger partial charge in [0.1, 0.15) is 0 Å². The average Bonchev–Trinajstić information content (AvgIpc) is 2.42. The lowest BCUT2D eigenvalue weighted by Gasteiger charge is -2.19. The van der Waals surface area contributed by atoms with Gasteiger partial charge in [0.2, 0.25) is 5.91 Å². The summed E-state index contributed by atoms with van der Waals surface area (Å²) < 4.78 is 0. The van der Waals surface area contributed by atoms with Crippen LogP contribution in [0.3, 0.4) is 0 Å². The zero-order chi connectivity index (χ0) is 15.1. The van der Waals surface area contributed by atoms with Gasteiger partial charge in [0.15, 0.2) is 0 Å².